The largest absolute Gasteiger partial charge is 0.469 e. The van der Waals surface area contributed by atoms with Crippen LogP contribution in [0.25, 0.3) is 11.1 Å². The number of rotatable bonds is 4. The van der Waals surface area contributed by atoms with Gasteiger partial charge in [0.1, 0.15) is 0 Å². The van der Waals surface area contributed by atoms with Gasteiger partial charge in [-0.05, 0) is 36.1 Å². The van der Waals surface area contributed by atoms with E-state index in [1.54, 1.807) is 0 Å². The first-order chi connectivity index (χ1) is 10.7. The lowest BCUT2D eigenvalue weighted by molar-refractivity contribution is -0.151. The predicted molar refractivity (Wildman–Crippen MR) is 94.8 cm³/mol. The Morgan fingerprint density at radius 3 is 2.30 bits per heavy atom. The van der Waals surface area contributed by atoms with Crippen molar-refractivity contribution in [1.82, 2.24) is 5.32 Å². The lowest BCUT2D eigenvalue weighted by atomic mass is 9.80. The summed E-state index contributed by atoms with van der Waals surface area (Å²) in [5.74, 6) is -0.107. The van der Waals surface area contributed by atoms with Gasteiger partial charge in [-0.2, -0.15) is 0 Å². The van der Waals surface area contributed by atoms with E-state index in [1.165, 1.54) is 23.8 Å². The zero-order chi connectivity index (χ0) is 15.4. The van der Waals surface area contributed by atoms with Crippen LogP contribution < -0.4 is 5.32 Å². The van der Waals surface area contributed by atoms with Crippen molar-refractivity contribution in [3.05, 3.63) is 60.2 Å². The molecule has 23 heavy (non-hydrogen) atoms. The van der Waals surface area contributed by atoms with E-state index in [2.05, 4.69) is 41.7 Å². The Morgan fingerprint density at radius 1 is 1.09 bits per heavy atom. The van der Waals surface area contributed by atoms with Crippen molar-refractivity contribution >= 4 is 18.4 Å². The minimum atomic E-state index is -0.414. The van der Waals surface area contributed by atoms with E-state index < -0.39 is 5.41 Å². The lowest BCUT2D eigenvalue weighted by Crippen LogP contribution is -2.36. The molecule has 0 radical (unpaired) electrons. The summed E-state index contributed by atoms with van der Waals surface area (Å²) in [6, 6.07) is 18.8. The van der Waals surface area contributed by atoms with Crippen LogP contribution in [0.2, 0.25) is 0 Å². The van der Waals surface area contributed by atoms with Crippen LogP contribution in [0.1, 0.15) is 12.0 Å². The number of esters is 1. The van der Waals surface area contributed by atoms with E-state index >= 15 is 0 Å². The molecule has 1 saturated heterocycles. The van der Waals surface area contributed by atoms with Crippen molar-refractivity contribution in [2.24, 2.45) is 5.41 Å². The molecular formula is C19H22ClNO2. The number of benzene rings is 2. The molecule has 1 atom stereocenters. The first kappa shape index (κ1) is 17.5. The van der Waals surface area contributed by atoms with E-state index in [0.29, 0.717) is 6.54 Å². The number of ether oxygens (including phenoxy) is 1. The van der Waals surface area contributed by atoms with Crippen molar-refractivity contribution in [2.45, 2.75) is 12.8 Å². The molecule has 2 aromatic carbocycles. The minimum absolute atomic E-state index is 0. The molecule has 2 aromatic rings. The van der Waals surface area contributed by atoms with Crippen LogP contribution in [0.15, 0.2) is 54.6 Å². The average Bonchev–Trinajstić information content (AvgIpc) is 3.05. The highest BCUT2D eigenvalue weighted by Crippen LogP contribution is 2.32. The standard InChI is InChI=1S/C19H21NO2.ClH/c1-22-18(21)19(11-12-20-14-19)13-15-7-9-17(10-8-15)16-5-3-2-4-6-16;/h2-10,20H,11-14H2,1H3;1H. The Balaban J connectivity index is 0.00000192. The molecule has 0 aromatic heterocycles. The van der Waals surface area contributed by atoms with Crippen LogP contribution in [-0.4, -0.2) is 26.2 Å². The zero-order valence-corrected chi connectivity index (χ0v) is 14.1. The van der Waals surface area contributed by atoms with Gasteiger partial charge in [-0.3, -0.25) is 4.79 Å². The number of carbonyl (C=O) groups excluding carboxylic acids is 1. The van der Waals surface area contributed by atoms with E-state index in [1.807, 2.05) is 18.2 Å². The summed E-state index contributed by atoms with van der Waals surface area (Å²) in [5, 5.41) is 3.29. The third kappa shape index (κ3) is 3.74. The third-order valence-electron chi connectivity index (χ3n) is 4.47. The Kier molecular flexibility index (Phi) is 5.80. The molecule has 122 valence electrons. The summed E-state index contributed by atoms with van der Waals surface area (Å²) >= 11 is 0. The van der Waals surface area contributed by atoms with Crippen molar-refractivity contribution in [3.63, 3.8) is 0 Å². The Morgan fingerprint density at radius 2 is 1.74 bits per heavy atom. The second kappa shape index (κ2) is 7.62. The molecule has 1 heterocycles. The minimum Gasteiger partial charge on any atom is -0.469 e. The number of methoxy groups -OCH3 is 1. The van der Waals surface area contributed by atoms with E-state index in [-0.39, 0.29) is 18.4 Å². The van der Waals surface area contributed by atoms with Gasteiger partial charge in [-0.1, -0.05) is 54.6 Å². The third-order valence-corrected chi connectivity index (χ3v) is 4.47. The van der Waals surface area contributed by atoms with Gasteiger partial charge in [0.05, 0.1) is 12.5 Å². The second-order valence-corrected chi connectivity index (χ2v) is 5.94. The molecule has 3 nitrogen and oxygen atoms in total. The Hall–Kier alpha value is -1.84. The number of halogens is 1. The molecule has 4 heteroatoms. The predicted octanol–water partition coefficient (Wildman–Crippen LogP) is 3.47. The van der Waals surface area contributed by atoms with Gasteiger partial charge in [0.2, 0.25) is 0 Å². The fourth-order valence-electron chi connectivity index (χ4n) is 3.19. The van der Waals surface area contributed by atoms with E-state index in [4.69, 9.17) is 4.74 Å². The second-order valence-electron chi connectivity index (χ2n) is 5.94. The van der Waals surface area contributed by atoms with Crippen LogP contribution in [0.5, 0.6) is 0 Å². The van der Waals surface area contributed by atoms with Gasteiger partial charge < -0.3 is 10.1 Å². The quantitative estimate of drug-likeness (QED) is 0.872. The molecule has 1 aliphatic heterocycles. The SMILES string of the molecule is COC(=O)C1(Cc2ccc(-c3ccccc3)cc2)CCNC1.Cl. The fraction of sp³-hybridized carbons (Fsp3) is 0.316. The van der Waals surface area contributed by atoms with E-state index in [9.17, 15) is 4.79 Å². The van der Waals surface area contributed by atoms with E-state index in [0.717, 1.165) is 19.4 Å². The summed E-state index contributed by atoms with van der Waals surface area (Å²) in [7, 11) is 1.47. The maximum Gasteiger partial charge on any atom is 0.313 e. The molecule has 0 aliphatic carbocycles. The van der Waals surface area contributed by atoms with Crippen LogP contribution >= 0.6 is 12.4 Å². The number of hydrogen-bond donors (Lipinski definition) is 1. The first-order valence-electron chi connectivity index (χ1n) is 7.67. The van der Waals surface area contributed by atoms with Crippen molar-refractivity contribution in [3.8, 4) is 11.1 Å². The van der Waals surface area contributed by atoms with Crippen molar-refractivity contribution in [2.75, 3.05) is 20.2 Å². The Labute approximate surface area is 143 Å². The topological polar surface area (TPSA) is 38.3 Å². The molecule has 1 fully saturated rings. The monoisotopic (exact) mass is 331 g/mol. The Bertz CT molecular complexity index is 634. The van der Waals surface area contributed by atoms with Gasteiger partial charge in [-0.25, -0.2) is 0 Å². The van der Waals surface area contributed by atoms with Crippen LogP contribution in [0.4, 0.5) is 0 Å². The lowest BCUT2D eigenvalue weighted by Gasteiger charge is -2.25. The highest BCUT2D eigenvalue weighted by atomic mass is 35.5. The van der Waals surface area contributed by atoms with Gasteiger partial charge >= 0.3 is 5.97 Å². The maximum absolute atomic E-state index is 12.2. The first-order valence-corrected chi connectivity index (χ1v) is 7.67. The number of nitrogens with one attached hydrogen (secondary N) is 1. The summed E-state index contributed by atoms with van der Waals surface area (Å²) in [6.45, 7) is 1.57. The normalized spacial score (nSPS) is 19.9. The van der Waals surface area contributed by atoms with Gasteiger partial charge in [0.15, 0.2) is 0 Å². The molecule has 0 amide bonds. The molecule has 1 aliphatic rings. The van der Waals surface area contributed by atoms with Crippen LogP contribution in [-0.2, 0) is 16.0 Å². The average molecular weight is 332 g/mol. The molecule has 0 saturated carbocycles. The van der Waals surface area contributed by atoms with Crippen molar-refractivity contribution < 1.29 is 9.53 Å². The molecule has 0 spiro atoms. The highest BCUT2D eigenvalue weighted by molar-refractivity contribution is 5.85. The highest BCUT2D eigenvalue weighted by Gasteiger charge is 2.42. The fourth-order valence-corrected chi connectivity index (χ4v) is 3.19. The summed E-state index contributed by atoms with van der Waals surface area (Å²) in [4.78, 5) is 12.2. The molecule has 3 rings (SSSR count). The molecule has 1 N–H and O–H groups in total. The van der Waals surface area contributed by atoms with Gasteiger partial charge in [0, 0.05) is 6.54 Å². The molecular weight excluding hydrogens is 310 g/mol. The van der Waals surface area contributed by atoms with Gasteiger partial charge in [-0.15, -0.1) is 12.4 Å². The number of hydrogen-bond acceptors (Lipinski definition) is 3. The van der Waals surface area contributed by atoms with Crippen LogP contribution in [0, 0.1) is 5.41 Å². The molecule has 1 unspecified atom stereocenters. The molecule has 0 bridgehead atoms. The maximum atomic E-state index is 12.2. The zero-order valence-electron chi connectivity index (χ0n) is 13.2. The smallest absolute Gasteiger partial charge is 0.313 e. The summed E-state index contributed by atoms with van der Waals surface area (Å²) < 4.78 is 5.02. The number of carbonyl (C=O) groups is 1. The van der Waals surface area contributed by atoms with Gasteiger partial charge in [0.25, 0.3) is 0 Å². The summed E-state index contributed by atoms with van der Waals surface area (Å²) in [6.07, 6.45) is 1.56. The summed E-state index contributed by atoms with van der Waals surface area (Å²) in [5.41, 5.74) is 3.16. The van der Waals surface area contributed by atoms with Crippen molar-refractivity contribution in [1.29, 1.82) is 0 Å². The van der Waals surface area contributed by atoms with Crippen LogP contribution in [0.3, 0.4) is 0 Å².